The first-order chi connectivity index (χ1) is 15.4. The predicted octanol–water partition coefficient (Wildman–Crippen LogP) is 4.14. The van der Waals surface area contributed by atoms with E-state index >= 15 is 0 Å². The van der Waals surface area contributed by atoms with Crippen molar-refractivity contribution in [1.29, 1.82) is 0 Å². The molecule has 1 atom stereocenters. The molecule has 2 aliphatic rings. The third-order valence-corrected chi connectivity index (χ3v) is 8.14. The van der Waals surface area contributed by atoms with Crippen LogP contribution < -0.4 is 26.8 Å². The Labute approximate surface area is 201 Å². The summed E-state index contributed by atoms with van der Waals surface area (Å²) in [4.78, 5) is 15.4. The molecule has 2 aromatic rings. The van der Waals surface area contributed by atoms with Crippen LogP contribution in [-0.4, -0.2) is 28.3 Å². The highest BCUT2D eigenvalue weighted by atomic mass is 79.9. The van der Waals surface area contributed by atoms with Gasteiger partial charge in [-0.2, -0.15) is 4.98 Å². The van der Waals surface area contributed by atoms with E-state index in [9.17, 15) is 0 Å². The molecular formula is C21H25BrN7OPS. The van der Waals surface area contributed by atoms with Crippen LogP contribution in [0.3, 0.4) is 0 Å². The third kappa shape index (κ3) is 4.87. The van der Waals surface area contributed by atoms with Crippen LogP contribution in [0.5, 0.6) is 5.75 Å². The molecule has 8 nitrogen and oxygen atoms in total. The zero-order valence-corrected chi connectivity index (χ0v) is 21.2. The largest absolute Gasteiger partial charge is 0.491 e. The van der Waals surface area contributed by atoms with Crippen LogP contribution in [0, 0.1) is 0 Å². The van der Waals surface area contributed by atoms with Gasteiger partial charge in [0, 0.05) is 23.9 Å². The monoisotopic (exact) mass is 533 g/mol. The maximum atomic E-state index is 6.04. The molecule has 32 heavy (non-hydrogen) atoms. The number of ether oxygens (including phenoxy) is 1. The van der Waals surface area contributed by atoms with Crippen LogP contribution in [0.4, 0.5) is 11.8 Å². The average Bonchev–Trinajstić information content (AvgIpc) is 3.03. The van der Waals surface area contributed by atoms with E-state index in [1.165, 1.54) is 0 Å². The first-order valence-corrected chi connectivity index (χ1v) is 13.4. The Kier molecular flexibility index (Phi) is 6.93. The second kappa shape index (κ2) is 9.68. The summed E-state index contributed by atoms with van der Waals surface area (Å²) in [6.07, 6.45) is 3.59. The highest BCUT2D eigenvalue weighted by Crippen LogP contribution is 2.45. The van der Waals surface area contributed by atoms with Crippen LogP contribution in [0.2, 0.25) is 0 Å². The van der Waals surface area contributed by atoms with Crippen LogP contribution in [0.1, 0.15) is 36.5 Å². The number of allylic oxidation sites excluding steroid dienone is 2. The molecule has 1 aromatic heterocycles. The molecule has 2 aliphatic heterocycles. The van der Waals surface area contributed by atoms with Gasteiger partial charge in [-0.05, 0) is 59.0 Å². The van der Waals surface area contributed by atoms with E-state index in [0.29, 0.717) is 32.6 Å². The maximum Gasteiger partial charge on any atom is 0.223 e. The molecule has 0 fully saturated rings. The van der Waals surface area contributed by atoms with Crippen molar-refractivity contribution in [3.63, 3.8) is 0 Å². The first-order valence-electron chi connectivity index (χ1n) is 10.1. The molecule has 4 rings (SSSR count). The lowest BCUT2D eigenvalue weighted by Crippen LogP contribution is -2.28. The fourth-order valence-corrected chi connectivity index (χ4v) is 6.35. The minimum absolute atomic E-state index is 0.228. The van der Waals surface area contributed by atoms with Gasteiger partial charge in [-0.25, -0.2) is 9.98 Å². The number of nitrogens with two attached hydrogens (primary N) is 3. The van der Waals surface area contributed by atoms with Crippen molar-refractivity contribution >= 4 is 57.6 Å². The van der Waals surface area contributed by atoms with Crippen molar-refractivity contribution in [2.45, 2.75) is 26.3 Å². The van der Waals surface area contributed by atoms with Crippen molar-refractivity contribution in [1.82, 2.24) is 9.97 Å². The number of anilines is 2. The number of amidine groups is 1. The molecule has 0 aliphatic carbocycles. The third-order valence-electron chi connectivity index (χ3n) is 5.11. The Hall–Kier alpha value is -2.29. The van der Waals surface area contributed by atoms with Gasteiger partial charge in [-0.3, -0.25) is 0 Å². The number of hydrogen-bond donors (Lipinski definition) is 3. The zero-order chi connectivity index (χ0) is 22.8. The van der Waals surface area contributed by atoms with Crippen LogP contribution in [0.15, 0.2) is 45.5 Å². The second-order valence-electron chi connectivity index (χ2n) is 7.66. The summed E-state index contributed by atoms with van der Waals surface area (Å²) >= 11 is 5.11. The van der Waals surface area contributed by atoms with Crippen molar-refractivity contribution in [3.05, 3.63) is 57.2 Å². The van der Waals surface area contributed by atoms with Crippen LogP contribution in [0.25, 0.3) is 5.57 Å². The molecule has 1 unspecified atom stereocenters. The van der Waals surface area contributed by atoms with E-state index in [1.54, 1.807) is 17.6 Å². The number of rotatable bonds is 4. The van der Waals surface area contributed by atoms with E-state index in [0.717, 1.165) is 43.9 Å². The molecule has 0 spiro atoms. The minimum Gasteiger partial charge on any atom is -0.491 e. The van der Waals surface area contributed by atoms with Crippen molar-refractivity contribution in [3.8, 4) is 5.75 Å². The first kappa shape index (κ1) is 22.9. The highest BCUT2D eigenvalue weighted by Gasteiger charge is 2.24. The lowest BCUT2D eigenvalue weighted by molar-refractivity contribution is 0.331. The van der Waals surface area contributed by atoms with E-state index < -0.39 is 0 Å². The molecule has 3 heterocycles. The topological polar surface area (TPSA) is 129 Å². The molecule has 0 saturated heterocycles. The molecule has 11 heteroatoms. The van der Waals surface area contributed by atoms with E-state index in [-0.39, 0.29) is 11.9 Å². The number of halogens is 1. The quantitative estimate of drug-likeness (QED) is 0.395. The maximum absolute atomic E-state index is 6.04. The molecule has 1 aromatic carbocycles. The van der Waals surface area contributed by atoms with Gasteiger partial charge in [0.25, 0.3) is 0 Å². The predicted molar refractivity (Wildman–Crippen MR) is 139 cm³/mol. The number of benzene rings is 1. The van der Waals surface area contributed by atoms with Gasteiger partial charge in [-0.15, -0.1) is 0 Å². The summed E-state index contributed by atoms with van der Waals surface area (Å²) in [6, 6.07) is 6.12. The highest BCUT2D eigenvalue weighted by molar-refractivity contribution is 9.10. The molecular weight excluding hydrogens is 509 g/mol. The van der Waals surface area contributed by atoms with Gasteiger partial charge in [0.2, 0.25) is 5.95 Å². The summed E-state index contributed by atoms with van der Waals surface area (Å²) in [5, 5.41) is 0.591. The van der Waals surface area contributed by atoms with Gasteiger partial charge in [0.1, 0.15) is 22.8 Å². The number of aliphatic imine (C=N–C) groups is 1. The fraction of sp³-hybridized carbons (Fsp3) is 0.286. The molecule has 0 bridgehead atoms. The van der Waals surface area contributed by atoms with E-state index in [2.05, 4.69) is 55.7 Å². The molecule has 6 N–H and O–H groups in total. The molecule has 0 radical (unpaired) electrons. The summed E-state index contributed by atoms with van der Waals surface area (Å²) in [6.45, 7) is 6.09. The standard InChI is InChI=1S/C21H25BrN7OPS/c1-11(2)17-18(22)27-20(24)28-19(17)29-5-6-30-15-4-3-12(7-14(15)10-29)13(9-23)8-16-26-21(25)32-31-16/h3-4,7-9,11,31H,5-6,10,23H2,1-2H3,(H2,25,26)(H2,24,27,28)/b13-9+,16-8-. The Morgan fingerprint density at radius 2 is 2.12 bits per heavy atom. The minimum atomic E-state index is 0.228. The smallest absolute Gasteiger partial charge is 0.223 e. The van der Waals surface area contributed by atoms with Crippen LogP contribution in [-0.2, 0) is 6.54 Å². The van der Waals surface area contributed by atoms with E-state index in [4.69, 9.17) is 21.9 Å². The number of nitrogen functional groups attached to an aromatic ring is 1. The summed E-state index contributed by atoms with van der Waals surface area (Å²) in [7, 11) is 0.486. The Balaban J connectivity index is 1.69. The Morgan fingerprint density at radius 3 is 2.81 bits per heavy atom. The Morgan fingerprint density at radius 1 is 1.31 bits per heavy atom. The number of aromatic nitrogens is 2. The Bertz CT molecular complexity index is 1140. The summed E-state index contributed by atoms with van der Waals surface area (Å²) < 4.78 is 6.77. The fourth-order valence-electron chi connectivity index (χ4n) is 3.64. The van der Waals surface area contributed by atoms with Gasteiger partial charge in [0.15, 0.2) is 5.17 Å². The zero-order valence-electron chi connectivity index (χ0n) is 17.8. The number of fused-ring (bicyclic) bond motifs is 1. The number of hydrogen-bond acceptors (Lipinski definition) is 9. The lowest BCUT2D eigenvalue weighted by atomic mass is 10.0. The molecule has 0 saturated carbocycles. The van der Waals surface area contributed by atoms with Gasteiger partial charge < -0.3 is 26.8 Å². The van der Waals surface area contributed by atoms with Gasteiger partial charge >= 0.3 is 0 Å². The summed E-state index contributed by atoms with van der Waals surface area (Å²) in [5.74, 6) is 2.15. The SMILES string of the molecule is CC(C)c1c(Br)nc(N)nc1N1CCOc2ccc(C(/C=C3/N=C(N)SP3)=C/N)cc2C1. The van der Waals surface area contributed by atoms with Gasteiger partial charge in [0.05, 0.1) is 12.0 Å². The van der Waals surface area contributed by atoms with E-state index in [1.807, 2.05) is 18.2 Å². The second-order valence-corrected chi connectivity index (χ2v) is 11.0. The average molecular weight is 534 g/mol. The number of nitrogens with zero attached hydrogens (tertiary/aromatic N) is 4. The molecule has 168 valence electrons. The van der Waals surface area contributed by atoms with Gasteiger partial charge in [-0.1, -0.05) is 31.3 Å². The van der Waals surface area contributed by atoms with Crippen molar-refractivity contribution in [2.24, 2.45) is 16.5 Å². The van der Waals surface area contributed by atoms with Crippen LogP contribution >= 0.6 is 35.1 Å². The van der Waals surface area contributed by atoms with Crippen molar-refractivity contribution in [2.75, 3.05) is 23.8 Å². The molecule has 0 amide bonds. The van der Waals surface area contributed by atoms with Crippen molar-refractivity contribution < 1.29 is 4.74 Å². The lowest BCUT2D eigenvalue weighted by Gasteiger charge is -2.25. The normalized spacial score (nSPS) is 18.6. The summed E-state index contributed by atoms with van der Waals surface area (Å²) in [5.41, 5.74) is 22.6.